The quantitative estimate of drug-likeness (QED) is 0.685. The van der Waals surface area contributed by atoms with E-state index in [1.54, 1.807) is 6.07 Å². The minimum absolute atomic E-state index is 0.114. The van der Waals surface area contributed by atoms with Gasteiger partial charge in [0.15, 0.2) is 0 Å². The SMILES string of the molecule is [C-]#[N+]c1nccc(C2(O)CCCC2)n1. The maximum atomic E-state index is 10.2. The van der Waals surface area contributed by atoms with Crippen molar-refractivity contribution < 1.29 is 5.11 Å². The van der Waals surface area contributed by atoms with Crippen LogP contribution in [0.3, 0.4) is 0 Å². The van der Waals surface area contributed by atoms with Crippen LogP contribution in [0.1, 0.15) is 31.4 Å². The summed E-state index contributed by atoms with van der Waals surface area (Å²) in [7, 11) is 0. The molecule has 2 rings (SSSR count). The molecule has 1 N–H and O–H groups in total. The van der Waals surface area contributed by atoms with Crippen LogP contribution in [-0.4, -0.2) is 15.1 Å². The van der Waals surface area contributed by atoms with Crippen molar-refractivity contribution in [3.8, 4) is 0 Å². The lowest BCUT2D eigenvalue weighted by Crippen LogP contribution is -2.22. The average Bonchev–Trinajstić information content (AvgIpc) is 2.67. The van der Waals surface area contributed by atoms with E-state index in [1.165, 1.54) is 6.20 Å². The van der Waals surface area contributed by atoms with Crippen LogP contribution < -0.4 is 0 Å². The molecule has 4 nitrogen and oxygen atoms in total. The van der Waals surface area contributed by atoms with Gasteiger partial charge in [0.25, 0.3) is 0 Å². The second-order valence-electron chi connectivity index (χ2n) is 3.59. The van der Waals surface area contributed by atoms with Gasteiger partial charge in [0, 0.05) is 6.07 Å². The maximum absolute atomic E-state index is 10.2. The third-order valence-corrected chi connectivity index (χ3v) is 2.65. The van der Waals surface area contributed by atoms with Crippen molar-refractivity contribution in [2.24, 2.45) is 0 Å². The van der Waals surface area contributed by atoms with E-state index < -0.39 is 5.60 Å². The third-order valence-electron chi connectivity index (χ3n) is 2.65. The van der Waals surface area contributed by atoms with Gasteiger partial charge in [-0.3, -0.25) is 0 Å². The van der Waals surface area contributed by atoms with Gasteiger partial charge in [-0.05, 0) is 25.7 Å². The van der Waals surface area contributed by atoms with Crippen molar-refractivity contribution >= 4 is 5.95 Å². The standard InChI is InChI=1S/C10H11N3O/c1-11-9-12-7-4-8(13-9)10(14)5-2-3-6-10/h4,7,14H,2-3,5-6H2. The second kappa shape index (κ2) is 3.35. The zero-order valence-corrected chi connectivity index (χ0v) is 7.77. The van der Waals surface area contributed by atoms with Crippen molar-refractivity contribution in [3.05, 3.63) is 29.4 Å². The van der Waals surface area contributed by atoms with E-state index in [0.29, 0.717) is 5.69 Å². The number of rotatable bonds is 1. The lowest BCUT2D eigenvalue weighted by atomic mass is 9.98. The molecule has 0 bridgehead atoms. The molecule has 72 valence electrons. The fourth-order valence-corrected chi connectivity index (χ4v) is 1.88. The molecule has 1 fully saturated rings. The molecule has 0 spiro atoms. The Balaban J connectivity index is 2.36. The highest BCUT2D eigenvalue weighted by Crippen LogP contribution is 2.37. The van der Waals surface area contributed by atoms with Gasteiger partial charge >= 0.3 is 5.95 Å². The van der Waals surface area contributed by atoms with Gasteiger partial charge in [-0.15, -0.1) is 6.57 Å². The van der Waals surface area contributed by atoms with Crippen LogP contribution in [0, 0.1) is 6.57 Å². The molecular formula is C10H11N3O. The smallest absolute Gasteiger partial charge is 0.371 e. The predicted molar refractivity (Wildman–Crippen MR) is 50.7 cm³/mol. The van der Waals surface area contributed by atoms with Crippen LogP contribution in [0.4, 0.5) is 5.95 Å². The highest BCUT2D eigenvalue weighted by molar-refractivity contribution is 5.28. The van der Waals surface area contributed by atoms with E-state index in [9.17, 15) is 5.11 Å². The highest BCUT2D eigenvalue weighted by Gasteiger charge is 2.36. The minimum Gasteiger partial charge on any atom is -0.394 e. The van der Waals surface area contributed by atoms with Gasteiger partial charge in [0.1, 0.15) is 11.3 Å². The number of aromatic nitrogens is 2. The van der Waals surface area contributed by atoms with Crippen LogP contribution in [0.25, 0.3) is 4.85 Å². The van der Waals surface area contributed by atoms with Gasteiger partial charge in [-0.2, -0.15) is 9.97 Å². The average molecular weight is 189 g/mol. The summed E-state index contributed by atoms with van der Waals surface area (Å²) in [5.41, 5.74) is -0.224. The molecule has 0 saturated heterocycles. The van der Waals surface area contributed by atoms with E-state index in [4.69, 9.17) is 6.57 Å². The van der Waals surface area contributed by atoms with Crippen molar-refractivity contribution in [1.82, 2.24) is 9.97 Å². The summed E-state index contributed by atoms with van der Waals surface area (Å²) in [6.07, 6.45) is 5.05. The molecule has 1 aromatic heterocycles. The summed E-state index contributed by atoms with van der Waals surface area (Å²) in [6, 6.07) is 1.69. The zero-order valence-electron chi connectivity index (χ0n) is 7.77. The van der Waals surface area contributed by atoms with Crippen LogP contribution >= 0.6 is 0 Å². The molecule has 1 aromatic rings. The van der Waals surface area contributed by atoms with E-state index in [2.05, 4.69) is 14.8 Å². The van der Waals surface area contributed by atoms with Crippen LogP contribution in [-0.2, 0) is 5.60 Å². The molecule has 0 aromatic carbocycles. The fraction of sp³-hybridized carbons (Fsp3) is 0.500. The second-order valence-corrected chi connectivity index (χ2v) is 3.59. The Morgan fingerprint density at radius 3 is 2.79 bits per heavy atom. The molecule has 0 aliphatic heterocycles. The molecule has 1 aliphatic rings. The molecule has 0 atom stereocenters. The molecule has 1 aliphatic carbocycles. The number of hydrogen-bond donors (Lipinski definition) is 1. The summed E-state index contributed by atoms with van der Waals surface area (Å²) >= 11 is 0. The van der Waals surface area contributed by atoms with Gasteiger partial charge < -0.3 is 9.95 Å². The van der Waals surface area contributed by atoms with Gasteiger partial charge in [0.2, 0.25) is 0 Å². The van der Waals surface area contributed by atoms with E-state index in [1.807, 2.05) is 0 Å². The van der Waals surface area contributed by atoms with Crippen LogP contribution in [0.5, 0.6) is 0 Å². The largest absolute Gasteiger partial charge is 0.394 e. The molecule has 1 saturated carbocycles. The number of aliphatic hydroxyl groups is 1. The molecule has 0 unspecified atom stereocenters. The van der Waals surface area contributed by atoms with Crippen molar-refractivity contribution in [2.75, 3.05) is 0 Å². The van der Waals surface area contributed by atoms with Crippen molar-refractivity contribution in [1.29, 1.82) is 0 Å². The lowest BCUT2D eigenvalue weighted by molar-refractivity contribution is 0.0400. The Bertz CT molecular complexity index is 377. The van der Waals surface area contributed by atoms with Crippen LogP contribution in [0.2, 0.25) is 0 Å². The first-order valence-corrected chi connectivity index (χ1v) is 4.68. The number of nitrogens with zero attached hydrogens (tertiary/aromatic N) is 3. The molecule has 14 heavy (non-hydrogen) atoms. The molecule has 1 heterocycles. The summed E-state index contributed by atoms with van der Waals surface area (Å²) < 4.78 is 0. The predicted octanol–water partition coefficient (Wildman–Crippen LogP) is 1.79. The summed E-state index contributed by atoms with van der Waals surface area (Å²) in [4.78, 5) is 11.0. The Morgan fingerprint density at radius 1 is 1.43 bits per heavy atom. The zero-order chi connectivity index (χ0) is 10.0. The van der Waals surface area contributed by atoms with Gasteiger partial charge in [-0.1, -0.05) is 0 Å². The number of hydrogen-bond acceptors (Lipinski definition) is 3. The summed E-state index contributed by atoms with van der Waals surface area (Å²) in [5, 5.41) is 10.2. The van der Waals surface area contributed by atoms with E-state index in [0.717, 1.165) is 25.7 Å². The van der Waals surface area contributed by atoms with Gasteiger partial charge in [0.05, 0.1) is 6.20 Å². The minimum atomic E-state index is -0.817. The summed E-state index contributed by atoms with van der Waals surface area (Å²) in [5.74, 6) is 0.114. The normalized spacial score (nSPS) is 19.1. The first kappa shape index (κ1) is 9.10. The Hall–Kier alpha value is -1.47. The van der Waals surface area contributed by atoms with Gasteiger partial charge in [-0.25, -0.2) is 0 Å². The van der Waals surface area contributed by atoms with E-state index in [-0.39, 0.29) is 5.95 Å². The highest BCUT2D eigenvalue weighted by atomic mass is 16.3. The fourth-order valence-electron chi connectivity index (χ4n) is 1.88. The molecule has 0 amide bonds. The Morgan fingerprint density at radius 2 is 2.14 bits per heavy atom. The first-order chi connectivity index (χ1) is 6.74. The monoisotopic (exact) mass is 189 g/mol. The maximum Gasteiger partial charge on any atom is 0.371 e. The third kappa shape index (κ3) is 1.47. The molecule has 4 heteroatoms. The van der Waals surface area contributed by atoms with Crippen molar-refractivity contribution in [2.45, 2.75) is 31.3 Å². The van der Waals surface area contributed by atoms with Crippen molar-refractivity contribution in [3.63, 3.8) is 0 Å². The van der Waals surface area contributed by atoms with Crippen LogP contribution in [0.15, 0.2) is 12.3 Å². The molecule has 0 radical (unpaired) electrons. The first-order valence-electron chi connectivity index (χ1n) is 4.68. The lowest BCUT2D eigenvalue weighted by Gasteiger charge is -2.18. The topological polar surface area (TPSA) is 50.4 Å². The van der Waals surface area contributed by atoms with E-state index >= 15 is 0 Å². The Labute approximate surface area is 82.5 Å². The Kier molecular flexibility index (Phi) is 2.18. The summed E-state index contributed by atoms with van der Waals surface area (Å²) in [6.45, 7) is 6.79. The molecular weight excluding hydrogens is 178 g/mol.